The van der Waals surface area contributed by atoms with E-state index in [1.807, 2.05) is 0 Å². The Morgan fingerprint density at radius 3 is 2.32 bits per heavy atom. The van der Waals surface area contributed by atoms with Crippen LogP contribution in [0, 0.1) is 0 Å². The average molecular weight is 454 g/mol. The van der Waals surface area contributed by atoms with Gasteiger partial charge in [0, 0.05) is 26.2 Å². The maximum atomic E-state index is 13.0. The molecule has 0 unspecified atom stereocenters. The monoisotopic (exact) mass is 454 g/mol. The van der Waals surface area contributed by atoms with Crippen LogP contribution >= 0.6 is 0 Å². The molecule has 0 radical (unpaired) electrons. The average Bonchev–Trinajstić information content (AvgIpc) is 3.22. The third-order valence-electron chi connectivity index (χ3n) is 4.26. The summed E-state index contributed by atoms with van der Waals surface area (Å²) in [6, 6.07) is 10.4. The van der Waals surface area contributed by atoms with Crippen molar-refractivity contribution in [2.45, 2.75) is 17.6 Å². The third kappa shape index (κ3) is 4.91. The van der Waals surface area contributed by atoms with Gasteiger partial charge in [-0.1, -0.05) is 18.2 Å². The van der Waals surface area contributed by atoms with Gasteiger partial charge >= 0.3 is 18.0 Å². The molecule has 8 nitrogen and oxygen atoms in total. The molecule has 1 heterocycles. The van der Waals surface area contributed by atoms with Crippen molar-refractivity contribution in [1.29, 1.82) is 0 Å². The maximum absolute atomic E-state index is 13.0. The van der Waals surface area contributed by atoms with E-state index in [9.17, 15) is 26.4 Å². The summed E-state index contributed by atoms with van der Waals surface area (Å²) in [6.07, 6.45) is -4.55. The SMILES string of the molecule is CN(C)S(=O)(=O)c1ccc(-c2nnc(C(=O)NCc3ccccc3C(F)(F)F)o2)cc1. The Morgan fingerprint density at radius 2 is 1.71 bits per heavy atom. The fourth-order valence-corrected chi connectivity index (χ4v) is 3.52. The van der Waals surface area contributed by atoms with Crippen LogP contribution in [0.3, 0.4) is 0 Å². The number of nitrogens with zero attached hydrogens (tertiary/aromatic N) is 3. The number of rotatable bonds is 6. The number of alkyl halides is 3. The number of hydrogen-bond acceptors (Lipinski definition) is 6. The lowest BCUT2D eigenvalue weighted by atomic mass is 10.1. The van der Waals surface area contributed by atoms with Gasteiger partial charge < -0.3 is 9.73 Å². The van der Waals surface area contributed by atoms with Crippen molar-refractivity contribution < 1.29 is 30.8 Å². The fourth-order valence-electron chi connectivity index (χ4n) is 2.61. The molecule has 0 bridgehead atoms. The fraction of sp³-hybridized carbons (Fsp3) is 0.211. The first-order valence-electron chi connectivity index (χ1n) is 8.80. The van der Waals surface area contributed by atoms with Crippen molar-refractivity contribution in [2.24, 2.45) is 0 Å². The normalized spacial score (nSPS) is 12.2. The topological polar surface area (TPSA) is 105 Å². The van der Waals surface area contributed by atoms with E-state index >= 15 is 0 Å². The van der Waals surface area contributed by atoms with Crippen LogP contribution in [0.2, 0.25) is 0 Å². The van der Waals surface area contributed by atoms with Crippen molar-refractivity contribution in [3.8, 4) is 11.5 Å². The number of carbonyl (C=O) groups excluding carboxylic acids is 1. The highest BCUT2D eigenvalue weighted by Gasteiger charge is 2.33. The van der Waals surface area contributed by atoms with E-state index in [0.29, 0.717) is 5.56 Å². The highest BCUT2D eigenvalue weighted by atomic mass is 32.2. The summed E-state index contributed by atoms with van der Waals surface area (Å²) in [6.45, 7) is -0.386. The van der Waals surface area contributed by atoms with Crippen LogP contribution in [-0.2, 0) is 22.7 Å². The van der Waals surface area contributed by atoms with Gasteiger partial charge in [-0.15, -0.1) is 10.2 Å². The van der Waals surface area contributed by atoms with Gasteiger partial charge in [0.2, 0.25) is 15.9 Å². The quantitative estimate of drug-likeness (QED) is 0.614. The van der Waals surface area contributed by atoms with E-state index < -0.39 is 33.6 Å². The number of halogens is 3. The van der Waals surface area contributed by atoms with Gasteiger partial charge in [0.15, 0.2) is 0 Å². The first kappa shape index (κ1) is 22.4. The Morgan fingerprint density at radius 1 is 1.06 bits per heavy atom. The van der Waals surface area contributed by atoms with E-state index in [1.165, 1.54) is 56.6 Å². The number of amides is 1. The predicted molar refractivity (Wildman–Crippen MR) is 103 cm³/mol. The third-order valence-corrected chi connectivity index (χ3v) is 6.09. The van der Waals surface area contributed by atoms with Crippen LogP contribution in [0.4, 0.5) is 13.2 Å². The van der Waals surface area contributed by atoms with Gasteiger partial charge in [0.25, 0.3) is 0 Å². The van der Waals surface area contributed by atoms with E-state index in [0.717, 1.165) is 10.4 Å². The Labute approximate surface area is 175 Å². The molecule has 0 aliphatic rings. The van der Waals surface area contributed by atoms with Crippen molar-refractivity contribution in [1.82, 2.24) is 19.8 Å². The molecule has 12 heteroatoms. The number of hydrogen-bond donors (Lipinski definition) is 1. The van der Waals surface area contributed by atoms with E-state index in [1.54, 1.807) is 0 Å². The second kappa shape index (κ2) is 8.47. The summed E-state index contributed by atoms with van der Waals surface area (Å²) in [7, 11) is -0.805. The first-order valence-corrected chi connectivity index (χ1v) is 10.2. The number of carbonyl (C=O) groups is 1. The number of nitrogens with one attached hydrogen (secondary N) is 1. The molecule has 0 spiro atoms. The number of sulfonamides is 1. The van der Waals surface area contributed by atoms with Crippen LogP contribution in [0.1, 0.15) is 21.8 Å². The summed E-state index contributed by atoms with van der Waals surface area (Å²) in [5.74, 6) is -1.33. The number of aromatic nitrogens is 2. The Hall–Kier alpha value is -3.25. The Bertz CT molecular complexity index is 1190. The summed E-state index contributed by atoms with van der Waals surface area (Å²) in [5.41, 5.74) is -0.596. The van der Waals surface area contributed by atoms with Crippen LogP contribution in [-0.4, -0.2) is 42.9 Å². The molecular weight excluding hydrogens is 437 g/mol. The largest absolute Gasteiger partial charge is 0.416 e. The summed E-state index contributed by atoms with van der Waals surface area (Å²) >= 11 is 0. The molecule has 3 aromatic rings. The zero-order chi connectivity index (χ0) is 22.8. The number of benzene rings is 2. The van der Waals surface area contributed by atoms with Gasteiger partial charge in [0.05, 0.1) is 10.5 Å². The molecule has 0 aliphatic heterocycles. The molecule has 0 saturated heterocycles. The minimum Gasteiger partial charge on any atom is -0.412 e. The summed E-state index contributed by atoms with van der Waals surface area (Å²) < 4.78 is 69.7. The van der Waals surface area contributed by atoms with Gasteiger partial charge in [0.1, 0.15) is 0 Å². The van der Waals surface area contributed by atoms with E-state index in [-0.39, 0.29) is 22.9 Å². The highest BCUT2D eigenvalue weighted by Crippen LogP contribution is 2.31. The lowest BCUT2D eigenvalue weighted by molar-refractivity contribution is -0.138. The van der Waals surface area contributed by atoms with Crippen LogP contribution < -0.4 is 5.32 Å². The molecule has 2 aromatic carbocycles. The standard InChI is InChI=1S/C19H17F3N4O4S/c1-26(2)31(28,29)14-9-7-12(8-10-14)17-24-25-18(30-17)16(27)23-11-13-5-3-4-6-15(13)19(20,21)22/h3-10H,11H2,1-2H3,(H,23,27). The van der Waals surface area contributed by atoms with Crippen molar-refractivity contribution in [3.63, 3.8) is 0 Å². The molecule has 0 saturated carbocycles. The molecule has 164 valence electrons. The second-order valence-corrected chi connectivity index (χ2v) is 8.71. The van der Waals surface area contributed by atoms with Gasteiger partial charge in [-0.3, -0.25) is 4.79 Å². The Kier molecular flexibility index (Phi) is 6.13. The van der Waals surface area contributed by atoms with Crippen LogP contribution in [0.25, 0.3) is 11.5 Å². The van der Waals surface area contributed by atoms with Gasteiger partial charge in [-0.25, -0.2) is 12.7 Å². The first-order chi connectivity index (χ1) is 14.5. The molecule has 0 fully saturated rings. The molecule has 0 atom stereocenters. The summed E-state index contributed by atoms with van der Waals surface area (Å²) in [5, 5.41) is 9.64. The zero-order valence-corrected chi connectivity index (χ0v) is 17.2. The van der Waals surface area contributed by atoms with Crippen LogP contribution in [0.5, 0.6) is 0 Å². The lowest BCUT2D eigenvalue weighted by Gasteiger charge is -2.12. The Balaban J connectivity index is 1.72. The molecule has 1 N–H and O–H groups in total. The zero-order valence-electron chi connectivity index (χ0n) is 16.3. The molecule has 1 amide bonds. The van der Waals surface area contributed by atoms with Crippen molar-refractivity contribution in [2.75, 3.05) is 14.1 Å². The maximum Gasteiger partial charge on any atom is 0.416 e. The predicted octanol–water partition coefficient (Wildman–Crippen LogP) is 2.94. The van der Waals surface area contributed by atoms with Gasteiger partial charge in [-0.05, 0) is 35.9 Å². The molecule has 1 aromatic heterocycles. The van der Waals surface area contributed by atoms with E-state index in [2.05, 4.69) is 15.5 Å². The minimum atomic E-state index is -4.55. The van der Waals surface area contributed by atoms with E-state index in [4.69, 9.17) is 4.42 Å². The molecule has 3 rings (SSSR count). The highest BCUT2D eigenvalue weighted by molar-refractivity contribution is 7.89. The van der Waals surface area contributed by atoms with Crippen LogP contribution in [0.15, 0.2) is 57.8 Å². The lowest BCUT2D eigenvalue weighted by Crippen LogP contribution is -2.24. The smallest absolute Gasteiger partial charge is 0.412 e. The van der Waals surface area contributed by atoms with Gasteiger partial charge in [-0.2, -0.15) is 13.2 Å². The van der Waals surface area contributed by atoms with Crippen molar-refractivity contribution in [3.05, 3.63) is 65.5 Å². The second-order valence-electron chi connectivity index (χ2n) is 6.56. The molecule has 0 aliphatic carbocycles. The van der Waals surface area contributed by atoms with Crippen molar-refractivity contribution >= 4 is 15.9 Å². The molecular formula is C19H17F3N4O4S. The summed E-state index contributed by atoms with van der Waals surface area (Å²) in [4.78, 5) is 12.3. The molecule has 31 heavy (non-hydrogen) atoms. The minimum absolute atomic E-state index is 0.0466.